The minimum absolute atomic E-state index is 0.0518. The molecule has 37 heavy (non-hydrogen) atoms. The van der Waals surface area contributed by atoms with Crippen LogP contribution in [0.15, 0.2) is 0 Å². The number of nitrogens with one attached hydrogen (secondary N) is 3. The fraction of sp³-hybridized carbons (Fsp3) is 0.667. The first-order valence-electron chi connectivity index (χ1n) is 11.7. The molecular weight excluding hydrogens is 492 g/mol. The number of carbonyl (C=O) groups excluding carboxylic acids is 6. The third-order valence-corrected chi connectivity index (χ3v) is 5.22. The van der Waals surface area contributed by atoms with Crippen LogP contribution in [0.2, 0.25) is 0 Å². The van der Waals surface area contributed by atoms with Gasteiger partial charge in [0.2, 0.25) is 35.4 Å². The van der Waals surface area contributed by atoms with E-state index < -0.39 is 65.6 Å². The lowest BCUT2D eigenvalue weighted by Gasteiger charge is -2.25. The number of rotatable bonds is 20. The lowest BCUT2D eigenvalue weighted by molar-refractivity contribution is -0.142. The van der Waals surface area contributed by atoms with Crippen LogP contribution in [0.1, 0.15) is 57.8 Å². The van der Waals surface area contributed by atoms with Crippen molar-refractivity contribution in [2.45, 2.75) is 82.0 Å². The van der Waals surface area contributed by atoms with Crippen LogP contribution in [0.25, 0.3) is 0 Å². The van der Waals surface area contributed by atoms with E-state index in [0.29, 0.717) is 19.4 Å². The van der Waals surface area contributed by atoms with Gasteiger partial charge in [-0.3, -0.25) is 28.8 Å². The Balaban J connectivity index is 5.58. The number of carbonyl (C=O) groups is 7. The molecule has 0 aromatic rings. The molecule has 0 saturated heterocycles. The summed E-state index contributed by atoms with van der Waals surface area (Å²) < 4.78 is 0. The van der Waals surface area contributed by atoms with Gasteiger partial charge in [-0.05, 0) is 45.1 Å². The monoisotopic (exact) mass is 530 g/mol. The molecule has 6 amide bonds. The van der Waals surface area contributed by atoms with E-state index in [0.717, 1.165) is 0 Å². The fourth-order valence-electron chi connectivity index (χ4n) is 3.11. The molecule has 0 bridgehead atoms. The van der Waals surface area contributed by atoms with Crippen LogP contribution >= 0.6 is 0 Å². The normalized spacial score (nSPS) is 13.9. The largest absolute Gasteiger partial charge is 0.480 e. The Bertz CT molecular complexity index is 837. The molecule has 0 aliphatic heterocycles. The first kappa shape index (κ1) is 33.2. The number of nitrogens with two attached hydrogens (primary N) is 5. The SMILES string of the molecule is NCCCCC(NC(=O)C(N)CCC(N)=O)C(=O)NC(CCC(N)=O)C(=O)NC(CCC(N)=O)C(=O)O. The van der Waals surface area contributed by atoms with Gasteiger partial charge in [0, 0.05) is 19.3 Å². The number of hydrogen-bond donors (Lipinski definition) is 9. The third kappa shape index (κ3) is 15.0. The van der Waals surface area contributed by atoms with Gasteiger partial charge in [0.15, 0.2) is 0 Å². The second kappa shape index (κ2) is 17.6. The predicted octanol–water partition coefficient (Wildman–Crippen LogP) is -4.22. The highest BCUT2D eigenvalue weighted by molar-refractivity contribution is 5.94. The van der Waals surface area contributed by atoms with Crippen LogP contribution < -0.4 is 44.6 Å². The lowest BCUT2D eigenvalue weighted by atomic mass is 10.0. The predicted molar refractivity (Wildman–Crippen MR) is 130 cm³/mol. The molecule has 0 saturated carbocycles. The van der Waals surface area contributed by atoms with Crippen LogP contribution in [0.4, 0.5) is 0 Å². The van der Waals surface area contributed by atoms with E-state index in [1.54, 1.807) is 0 Å². The quantitative estimate of drug-likeness (QED) is 0.0683. The topological polar surface area (TPSA) is 306 Å². The molecule has 0 rings (SSSR count). The number of hydrogen-bond acceptors (Lipinski definition) is 9. The summed E-state index contributed by atoms with van der Waals surface area (Å²) in [5.74, 6) is -6.12. The summed E-state index contributed by atoms with van der Waals surface area (Å²) in [7, 11) is 0. The minimum Gasteiger partial charge on any atom is -0.480 e. The van der Waals surface area contributed by atoms with E-state index in [1.807, 2.05) is 0 Å². The van der Waals surface area contributed by atoms with Gasteiger partial charge in [0.1, 0.15) is 18.1 Å². The third-order valence-electron chi connectivity index (χ3n) is 5.22. The van der Waals surface area contributed by atoms with Crippen molar-refractivity contribution in [2.75, 3.05) is 6.54 Å². The molecule has 0 radical (unpaired) electrons. The molecule has 0 aromatic carbocycles. The van der Waals surface area contributed by atoms with Crippen molar-refractivity contribution in [3.05, 3.63) is 0 Å². The highest BCUT2D eigenvalue weighted by Gasteiger charge is 2.30. The molecule has 0 heterocycles. The van der Waals surface area contributed by atoms with Gasteiger partial charge in [-0.15, -0.1) is 0 Å². The standard InChI is InChI=1S/C21H38N8O8/c22-10-2-1-3-12(27-18(33)11(23)4-7-15(24)30)19(34)28-13(5-8-16(25)31)20(35)29-14(21(36)37)6-9-17(26)32/h11-14H,1-10,22-23H2,(H2,24,30)(H2,25,31)(H2,26,32)(H,27,33)(H,28,34)(H,29,35)(H,36,37). The summed E-state index contributed by atoms with van der Waals surface area (Å²) >= 11 is 0. The number of primary amides is 3. The smallest absolute Gasteiger partial charge is 0.326 e. The molecule has 210 valence electrons. The van der Waals surface area contributed by atoms with Crippen LogP contribution in [0, 0.1) is 0 Å². The van der Waals surface area contributed by atoms with Crippen molar-refractivity contribution in [3.8, 4) is 0 Å². The number of amides is 6. The first-order valence-corrected chi connectivity index (χ1v) is 11.7. The highest BCUT2D eigenvalue weighted by Crippen LogP contribution is 2.07. The maximum absolute atomic E-state index is 13.0. The van der Waals surface area contributed by atoms with Crippen molar-refractivity contribution in [1.82, 2.24) is 16.0 Å². The van der Waals surface area contributed by atoms with E-state index in [-0.39, 0.29) is 44.9 Å². The summed E-state index contributed by atoms with van der Waals surface area (Å²) in [6, 6.07) is -5.18. The van der Waals surface area contributed by atoms with E-state index in [1.165, 1.54) is 0 Å². The number of unbranched alkanes of at least 4 members (excludes halogenated alkanes) is 1. The Morgan fingerprint density at radius 3 is 1.46 bits per heavy atom. The number of aliphatic carboxylic acids is 1. The Morgan fingerprint density at radius 1 is 0.595 bits per heavy atom. The van der Waals surface area contributed by atoms with Crippen molar-refractivity contribution >= 4 is 41.4 Å². The van der Waals surface area contributed by atoms with E-state index in [2.05, 4.69) is 16.0 Å². The average Bonchev–Trinajstić information content (AvgIpc) is 2.81. The van der Waals surface area contributed by atoms with Gasteiger partial charge >= 0.3 is 5.97 Å². The summed E-state index contributed by atoms with van der Waals surface area (Å²) in [6.45, 7) is 0.325. The highest BCUT2D eigenvalue weighted by atomic mass is 16.4. The molecule has 0 aliphatic rings. The lowest BCUT2D eigenvalue weighted by Crippen LogP contribution is -2.57. The Labute approximate surface area is 213 Å². The van der Waals surface area contributed by atoms with E-state index >= 15 is 0 Å². The average molecular weight is 531 g/mol. The Hall–Kier alpha value is -3.79. The van der Waals surface area contributed by atoms with Gasteiger partial charge in [0.25, 0.3) is 0 Å². The van der Waals surface area contributed by atoms with Gasteiger partial charge < -0.3 is 49.7 Å². The summed E-state index contributed by atoms with van der Waals surface area (Å²) in [5, 5.41) is 16.4. The van der Waals surface area contributed by atoms with Gasteiger partial charge in [-0.2, -0.15) is 0 Å². The Kier molecular flexibility index (Phi) is 15.8. The zero-order valence-corrected chi connectivity index (χ0v) is 20.6. The van der Waals surface area contributed by atoms with Gasteiger partial charge in [0.05, 0.1) is 6.04 Å². The maximum Gasteiger partial charge on any atom is 0.326 e. The Morgan fingerprint density at radius 2 is 1.00 bits per heavy atom. The summed E-state index contributed by atoms with van der Waals surface area (Å²) in [4.78, 5) is 82.9. The van der Waals surface area contributed by atoms with Crippen molar-refractivity contribution < 1.29 is 38.7 Å². The molecule has 16 heteroatoms. The zero-order chi connectivity index (χ0) is 28.5. The molecule has 0 fully saturated rings. The fourth-order valence-corrected chi connectivity index (χ4v) is 3.11. The van der Waals surface area contributed by atoms with Crippen molar-refractivity contribution in [2.24, 2.45) is 28.7 Å². The first-order chi connectivity index (χ1) is 17.3. The van der Waals surface area contributed by atoms with Crippen LogP contribution in [0.5, 0.6) is 0 Å². The minimum atomic E-state index is -1.49. The molecule has 16 nitrogen and oxygen atoms in total. The van der Waals surface area contributed by atoms with E-state index in [4.69, 9.17) is 28.7 Å². The van der Waals surface area contributed by atoms with E-state index in [9.17, 15) is 38.7 Å². The van der Waals surface area contributed by atoms with Crippen LogP contribution in [0.3, 0.4) is 0 Å². The molecule has 0 aliphatic carbocycles. The zero-order valence-electron chi connectivity index (χ0n) is 20.6. The molecule has 0 aromatic heterocycles. The summed E-state index contributed by atoms with van der Waals surface area (Å²) in [5.41, 5.74) is 26.5. The van der Waals surface area contributed by atoms with Gasteiger partial charge in [-0.1, -0.05) is 0 Å². The van der Waals surface area contributed by atoms with Crippen molar-refractivity contribution in [1.29, 1.82) is 0 Å². The molecular formula is C21H38N8O8. The van der Waals surface area contributed by atoms with Crippen LogP contribution in [-0.2, 0) is 33.6 Å². The van der Waals surface area contributed by atoms with Crippen LogP contribution in [-0.4, -0.2) is 77.2 Å². The molecule has 0 spiro atoms. The molecule has 4 atom stereocenters. The molecule has 14 N–H and O–H groups in total. The second-order valence-corrected chi connectivity index (χ2v) is 8.43. The number of carboxylic acids is 1. The summed E-state index contributed by atoms with van der Waals surface area (Å²) in [6.07, 6.45) is -0.322. The van der Waals surface area contributed by atoms with Gasteiger partial charge in [-0.25, -0.2) is 4.79 Å². The van der Waals surface area contributed by atoms with Crippen molar-refractivity contribution in [3.63, 3.8) is 0 Å². The number of carboxylic acid groups (broad SMARTS) is 1. The maximum atomic E-state index is 13.0. The molecule has 4 unspecified atom stereocenters. The second-order valence-electron chi connectivity index (χ2n) is 8.43.